The van der Waals surface area contributed by atoms with Gasteiger partial charge in [0, 0.05) is 17.3 Å². The maximum Gasteiger partial charge on any atom is 0.326 e. The van der Waals surface area contributed by atoms with Crippen molar-refractivity contribution >= 4 is 27.6 Å². The van der Waals surface area contributed by atoms with Crippen molar-refractivity contribution in [1.82, 2.24) is 5.32 Å². The fraction of sp³-hybridized carbons (Fsp3) is 0.917. The molecule has 114 valence electrons. The van der Waals surface area contributed by atoms with Gasteiger partial charge in [0.2, 0.25) is 0 Å². The van der Waals surface area contributed by atoms with Gasteiger partial charge in [-0.25, -0.2) is 8.42 Å². The molecule has 0 aliphatic carbocycles. The first kappa shape index (κ1) is 18.7. The molecule has 0 fully saturated rings. The number of carbonyl (C=O) groups excluding carboxylic acids is 1. The van der Waals surface area contributed by atoms with Gasteiger partial charge < -0.3 is 10.1 Å². The number of esters is 1. The molecule has 0 rings (SSSR count). The second-order valence-electron chi connectivity index (χ2n) is 4.82. The molecular formula is C12H25NO4S2. The van der Waals surface area contributed by atoms with Gasteiger partial charge in [0.25, 0.3) is 0 Å². The molecule has 0 aromatic carbocycles. The summed E-state index contributed by atoms with van der Waals surface area (Å²) in [5.74, 6) is 0.438. The fourth-order valence-electron chi connectivity index (χ4n) is 1.61. The zero-order chi connectivity index (χ0) is 15.1. The SMILES string of the molecule is CCOC(=O)C(C)(CC(C)SCCS(C)(=O)=O)NC. The fourth-order valence-corrected chi connectivity index (χ4v) is 4.06. The van der Waals surface area contributed by atoms with E-state index in [-0.39, 0.29) is 17.0 Å². The third-order valence-electron chi connectivity index (χ3n) is 2.83. The van der Waals surface area contributed by atoms with E-state index in [1.54, 1.807) is 32.7 Å². The lowest BCUT2D eigenvalue weighted by Gasteiger charge is -2.29. The second kappa shape index (κ2) is 8.11. The molecule has 0 bridgehead atoms. The first-order valence-electron chi connectivity index (χ1n) is 6.30. The summed E-state index contributed by atoms with van der Waals surface area (Å²) in [5.41, 5.74) is -0.729. The highest BCUT2D eigenvalue weighted by atomic mass is 32.2. The molecule has 5 nitrogen and oxygen atoms in total. The minimum absolute atomic E-state index is 0.164. The molecule has 2 atom stereocenters. The van der Waals surface area contributed by atoms with E-state index < -0.39 is 15.4 Å². The molecule has 0 spiro atoms. The zero-order valence-corrected chi connectivity index (χ0v) is 14.0. The van der Waals surface area contributed by atoms with Crippen LogP contribution < -0.4 is 5.32 Å². The summed E-state index contributed by atoms with van der Waals surface area (Å²) in [6.07, 6.45) is 1.82. The van der Waals surface area contributed by atoms with Gasteiger partial charge in [-0.2, -0.15) is 11.8 Å². The highest BCUT2D eigenvalue weighted by molar-refractivity contribution is 8.01. The average molecular weight is 311 g/mol. The molecule has 0 aromatic heterocycles. The molecule has 0 aliphatic rings. The van der Waals surface area contributed by atoms with Gasteiger partial charge in [0.15, 0.2) is 0 Å². The van der Waals surface area contributed by atoms with Gasteiger partial charge in [-0.15, -0.1) is 0 Å². The Hall–Kier alpha value is -0.270. The summed E-state index contributed by atoms with van der Waals surface area (Å²) in [4.78, 5) is 11.9. The minimum atomic E-state index is -2.92. The number of carbonyl (C=O) groups is 1. The van der Waals surface area contributed by atoms with Crippen molar-refractivity contribution < 1.29 is 17.9 Å². The van der Waals surface area contributed by atoms with E-state index in [4.69, 9.17) is 4.74 Å². The highest BCUT2D eigenvalue weighted by Gasteiger charge is 2.34. The van der Waals surface area contributed by atoms with Crippen molar-refractivity contribution in [2.45, 2.75) is 38.0 Å². The molecule has 0 aromatic rings. The number of hydrogen-bond acceptors (Lipinski definition) is 6. The van der Waals surface area contributed by atoms with Gasteiger partial charge in [0.05, 0.1) is 12.4 Å². The van der Waals surface area contributed by atoms with Crippen molar-refractivity contribution in [1.29, 1.82) is 0 Å². The lowest BCUT2D eigenvalue weighted by molar-refractivity contribution is -0.150. The molecule has 0 aliphatic heterocycles. The quantitative estimate of drug-likeness (QED) is 0.643. The van der Waals surface area contributed by atoms with Gasteiger partial charge >= 0.3 is 5.97 Å². The van der Waals surface area contributed by atoms with Crippen molar-refractivity contribution in [2.24, 2.45) is 0 Å². The van der Waals surface area contributed by atoms with Crippen molar-refractivity contribution in [2.75, 3.05) is 31.4 Å². The summed E-state index contributed by atoms with van der Waals surface area (Å²) in [5, 5.41) is 3.16. The van der Waals surface area contributed by atoms with Crippen LogP contribution in [0.25, 0.3) is 0 Å². The molecule has 2 unspecified atom stereocenters. The predicted octanol–water partition coefficient (Wildman–Crippen LogP) is 1.08. The van der Waals surface area contributed by atoms with Crippen LogP contribution in [0, 0.1) is 0 Å². The highest BCUT2D eigenvalue weighted by Crippen LogP contribution is 2.23. The van der Waals surface area contributed by atoms with Crippen molar-refractivity contribution in [3.63, 3.8) is 0 Å². The van der Waals surface area contributed by atoms with Gasteiger partial charge in [-0.1, -0.05) is 6.92 Å². The van der Waals surface area contributed by atoms with E-state index in [0.717, 1.165) is 0 Å². The van der Waals surface area contributed by atoms with Crippen LogP contribution in [0.3, 0.4) is 0 Å². The van der Waals surface area contributed by atoms with Crippen LogP contribution >= 0.6 is 11.8 Å². The minimum Gasteiger partial charge on any atom is -0.465 e. The molecular weight excluding hydrogens is 286 g/mol. The molecule has 0 saturated heterocycles. The number of thioether (sulfide) groups is 1. The largest absolute Gasteiger partial charge is 0.465 e. The first-order valence-corrected chi connectivity index (χ1v) is 9.41. The Morgan fingerprint density at radius 3 is 2.47 bits per heavy atom. The zero-order valence-electron chi connectivity index (χ0n) is 12.4. The summed E-state index contributed by atoms with van der Waals surface area (Å²) in [6.45, 7) is 5.92. The van der Waals surface area contributed by atoms with E-state index in [9.17, 15) is 13.2 Å². The van der Waals surface area contributed by atoms with Gasteiger partial charge in [0.1, 0.15) is 15.4 Å². The van der Waals surface area contributed by atoms with E-state index in [0.29, 0.717) is 18.8 Å². The Labute approximate surface area is 120 Å². The van der Waals surface area contributed by atoms with Crippen LogP contribution in [-0.2, 0) is 19.4 Å². The van der Waals surface area contributed by atoms with Gasteiger partial charge in [-0.3, -0.25) is 4.79 Å². The number of rotatable bonds is 9. The predicted molar refractivity (Wildman–Crippen MR) is 80.3 cm³/mol. The summed E-state index contributed by atoms with van der Waals surface area (Å²) in [6, 6.07) is 0. The lowest BCUT2D eigenvalue weighted by atomic mass is 9.96. The Bertz CT molecular complexity index is 383. The smallest absolute Gasteiger partial charge is 0.326 e. The van der Waals surface area contributed by atoms with Crippen LogP contribution in [0.5, 0.6) is 0 Å². The Balaban J connectivity index is 4.34. The van der Waals surface area contributed by atoms with Crippen LogP contribution in [0.15, 0.2) is 0 Å². The Kier molecular flexibility index (Phi) is 8.00. The first-order chi connectivity index (χ1) is 8.64. The maximum absolute atomic E-state index is 11.9. The average Bonchev–Trinajstić information content (AvgIpc) is 2.27. The summed E-state index contributed by atoms with van der Waals surface area (Å²) < 4.78 is 27.1. The van der Waals surface area contributed by atoms with Crippen LogP contribution in [0.1, 0.15) is 27.2 Å². The number of ether oxygens (including phenoxy) is 1. The Morgan fingerprint density at radius 1 is 1.47 bits per heavy atom. The van der Waals surface area contributed by atoms with E-state index in [2.05, 4.69) is 5.32 Å². The third-order valence-corrected chi connectivity index (χ3v) is 5.21. The third kappa shape index (κ3) is 7.79. The summed E-state index contributed by atoms with van der Waals surface area (Å²) >= 11 is 1.55. The normalized spacial score (nSPS) is 16.7. The standard InChI is InChI=1S/C12H25NO4S2/c1-6-17-11(14)12(3,13-4)9-10(2)18-7-8-19(5,15)16/h10,13H,6-9H2,1-5H3. The molecule has 0 heterocycles. The van der Waals surface area contributed by atoms with E-state index in [1.165, 1.54) is 6.26 Å². The number of nitrogens with one attached hydrogen (secondary N) is 1. The molecule has 0 amide bonds. The molecule has 0 radical (unpaired) electrons. The molecule has 7 heteroatoms. The monoisotopic (exact) mass is 311 g/mol. The number of hydrogen-bond donors (Lipinski definition) is 1. The topological polar surface area (TPSA) is 72.5 Å². The molecule has 19 heavy (non-hydrogen) atoms. The van der Waals surface area contributed by atoms with Crippen molar-refractivity contribution in [3.05, 3.63) is 0 Å². The molecule has 0 saturated carbocycles. The Morgan fingerprint density at radius 2 is 2.05 bits per heavy atom. The van der Waals surface area contributed by atoms with Gasteiger partial charge in [-0.05, 0) is 27.3 Å². The number of likely N-dealkylation sites (N-methyl/N-ethyl adjacent to an activating group) is 1. The maximum atomic E-state index is 11.9. The van der Waals surface area contributed by atoms with Crippen LogP contribution in [0.2, 0.25) is 0 Å². The lowest BCUT2D eigenvalue weighted by Crippen LogP contribution is -2.50. The van der Waals surface area contributed by atoms with Crippen LogP contribution in [-0.4, -0.2) is 56.6 Å². The van der Waals surface area contributed by atoms with E-state index >= 15 is 0 Å². The van der Waals surface area contributed by atoms with E-state index in [1.807, 2.05) is 6.92 Å². The summed E-state index contributed by atoms with van der Waals surface area (Å²) in [7, 11) is -1.20. The van der Waals surface area contributed by atoms with Crippen molar-refractivity contribution in [3.8, 4) is 0 Å². The van der Waals surface area contributed by atoms with Crippen LogP contribution in [0.4, 0.5) is 0 Å². The molecule has 1 N–H and O–H groups in total. The second-order valence-corrected chi connectivity index (χ2v) is 8.62. The number of sulfone groups is 1.